The Balaban J connectivity index is 1.54. The molecule has 2 aliphatic heterocycles. The van der Waals surface area contributed by atoms with E-state index in [0.29, 0.717) is 53.3 Å². The van der Waals surface area contributed by atoms with Crippen LogP contribution in [-0.4, -0.2) is 50.8 Å². The number of rotatable bonds is 1. The Kier molecular flexibility index (Phi) is 4.02. The largest absolute Gasteiger partial charge is 0.486 e. The maximum atomic E-state index is 14.1. The second-order valence-electron chi connectivity index (χ2n) is 8.36. The highest BCUT2D eigenvalue weighted by atomic mass is 19.1. The number of halogens is 1. The van der Waals surface area contributed by atoms with Crippen LogP contribution in [-0.2, 0) is 6.54 Å². The molecule has 1 N–H and O–H groups in total. The van der Waals surface area contributed by atoms with Crippen molar-refractivity contribution in [2.45, 2.75) is 38.5 Å². The Hall–Kier alpha value is -3.43. The van der Waals surface area contributed by atoms with Crippen LogP contribution in [0.1, 0.15) is 35.7 Å². The van der Waals surface area contributed by atoms with Crippen LogP contribution in [0.25, 0.3) is 5.65 Å². The lowest BCUT2D eigenvalue weighted by molar-refractivity contribution is 0.0932. The van der Waals surface area contributed by atoms with Crippen molar-refractivity contribution in [3.05, 3.63) is 41.6 Å². The number of nitrogens with one attached hydrogen (secondary N) is 1. The molecule has 10 heteroatoms. The molecule has 0 saturated heterocycles. The normalized spacial score (nSPS) is 23.2. The first kappa shape index (κ1) is 18.3. The van der Waals surface area contributed by atoms with E-state index in [-0.39, 0.29) is 24.6 Å². The fraction of sp³-hybridized carbons (Fsp3) is 0.429. The van der Waals surface area contributed by atoms with Crippen LogP contribution in [0.2, 0.25) is 0 Å². The van der Waals surface area contributed by atoms with Crippen LogP contribution in [0.15, 0.2) is 24.7 Å². The van der Waals surface area contributed by atoms with E-state index in [4.69, 9.17) is 14.5 Å². The van der Waals surface area contributed by atoms with E-state index in [0.717, 1.165) is 19.0 Å². The van der Waals surface area contributed by atoms with Crippen molar-refractivity contribution < 1.29 is 18.7 Å². The smallest absolute Gasteiger partial charge is 0.256 e. The molecule has 160 valence electrons. The van der Waals surface area contributed by atoms with Crippen molar-refractivity contribution in [1.82, 2.24) is 24.9 Å². The minimum absolute atomic E-state index is 0.0984. The number of hydrogen-bond acceptors (Lipinski definition) is 7. The molecule has 31 heavy (non-hydrogen) atoms. The van der Waals surface area contributed by atoms with Gasteiger partial charge in [-0.1, -0.05) is 0 Å². The molecule has 0 unspecified atom stereocenters. The molecule has 0 spiro atoms. The standard InChI is InChI=1S/C21H21FN6O3/c1-11-5-23-20(29)15-7-25-28-9-17-19(26-18(15)28)27(16(10-30-17)12-2-3-12)8-13-4-14(22)6-24-21(13)31-11/h4,6-7,9,11-12,16H,2-3,5,8,10H2,1H3,(H,23,29)/t11-,16-/m0/s1. The molecule has 3 aromatic rings. The number of hydrogen-bond donors (Lipinski definition) is 1. The molecule has 1 saturated carbocycles. The third-order valence-corrected chi connectivity index (χ3v) is 6.03. The third-order valence-electron chi connectivity index (χ3n) is 6.03. The lowest BCUT2D eigenvalue weighted by Gasteiger charge is -2.38. The summed E-state index contributed by atoms with van der Waals surface area (Å²) in [6, 6.07) is 1.55. The van der Waals surface area contributed by atoms with Gasteiger partial charge in [-0.3, -0.25) is 4.79 Å². The van der Waals surface area contributed by atoms with Crippen molar-refractivity contribution in [2.24, 2.45) is 5.92 Å². The summed E-state index contributed by atoms with van der Waals surface area (Å²) in [6.45, 7) is 2.98. The van der Waals surface area contributed by atoms with Gasteiger partial charge in [0, 0.05) is 5.56 Å². The highest BCUT2D eigenvalue weighted by molar-refractivity contribution is 5.99. The zero-order valence-electron chi connectivity index (χ0n) is 16.9. The number of amides is 1. The minimum Gasteiger partial charge on any atom is -0.486 e. The van der Waals surface area contributed by atoms with Gasteiger partial charge in [0.15, 0.2) is 17.2 Å². The number of nitrogens with zero attached hydrogens (tertiary/aromatic N) is 5. The molecule has 5 heterocycles. The monoisotopic (exact) mass is 424 g/mol. The molecule has 3 aromatic heterocycles. The zero-order valence-corrected chi connectivity index (χ0v) is 16.9. The van der Waals surface area contributed by atoms with Gasteiger partial charge in [0.05, 0.1) is 37.7 Å². The lowest BCUT2D eigenvalue weighted by atomic mass is 10.1. The van der Waals surface area contributed by atoms with Crippen LogP contribution in [0.3, 0.4) is 0 Å². The van der Waals surface area contributed by atoms with Crippen molar-refractivity contribution >= 4 is 17.4 Å². The van der Waals surface area contributed by atoms with Gasteiger partial charge in [-0.2, -0.15) is 5.10 Å². The highest BCUT2D eigenvalue weighted by Crippen LogP contribution is 2.43. The Morgan fingerprint density at radius 2 is 2.16 bits per heavy atom. The molecular weight excluding hydrogens is 403 g/mol. The van der Waals surface area contributed by atoms with Gasteiger partial charge in [0.2, 0.25) is 5.88 Å². The van der Waals surface area contributed by atoms with E-state index in [1.165, 1.54) is 12.3 Å². The average Bonchev–Trinajstić information content (AvgIpc) is 3.51. The molecule has 0 aromatic carbocycles. The number of carbonyl (C=O) groups excluding carboxylic acids is 1. The second-order valence-corrected chi connectivity index (χ2v) is 8.36. The summed E-state index contributed by atoms with van der Waals surface area (Å²) in [5.41, 5.74) is 1.46. The van der Waals surface area contributed by atoms with Crippen molar-refractivity contribution in [1.29, 1.82) is 0 Å². The molecule has 1 fully saturated rings. The van der Waals surface area contributed by atoms with Gasteiger partial charge in [-0.05, 0) is 31.7 Å². The van der Waals surface area contributed by atoms with Crippen LogP contribution in [0.4, 0.5) is 10.2 Å². The molecule has 6 rings (SSSR count). The van der Waals surface area contributed by atoms with E-state index in [2.05, 4.69) is 20.3 Å². The molecular formula is C21H21FN6O3. The predicted octanol–water partition coefficient (Wildman–Crippen LogP) is 1.95. The van der Waals surface area contributed by atoms with Gasteiger partial charge in [-0.15, -0.1) is 0 Å². The first-order valence-electron chi connectivity index (χ1n) is 10.4. The minimum atomic E-state index is -0.425. The van der Waals surface area contributed by atoms with E-state index in [1.807, 2.05) is 6.92 Å². The quantitative estimate of drug-likeness (QED) is 0.638. The number of fused-ring (bicyclic) bond motifs is 1. The van der Waals surface area contributed by atoms with E-state index in [1.54, 1.807) is 10.7 Å². The molecule has 2 bridgehead atoms. The van der Waals surface area contributed by atoms with E-state index >= 15 is 0 Å². The first-order chi connectivity index (χ1) is 15.1. The molecule has 3 aliphatic rings. The van der Waals surface area contributed by atoms with Crippen molar-refractivity contribution in [3.63, 3.8) is 0 Å². The van der Waals surface area contributed by atoms with Crippen LogP contribution >= 0.6 is 0 Å². The van der Waals surface area contributed by atoms with Gasteiger partial charge < -0.3 is 19.7 Å². The Bertz CT molecular complexity index is 1190. The number of ether oxygens (including phenoxy) is 2. The predicted molar refractivity (Wildman–Crippen MR) is 108 cm³/mol. The van der Waals surface area contributed by atoms with Crippen LogP contribution in [0.5, 0.6) is 11.6 Å². The fourth-order valence-corrected chi connectivity index (χ4v) is 4.28. The van der Waals surface area contributed by atoms with E-state index < -0.39 is 5.82 Å². The first-order valence-corrected chi connectivity index (χ1v) is 10.4. The fourth-order valence-electron chi connectivity index (χ4n) is 4.28. The molecule has 2 atom stereocenters. The van der Waals surface area contributed by atoms with Gasteiger partial charge in [0.25, 0.3) is 5.91 Å². The lowest BCUT2D eigenvalue weighted by Crippen LogP contribution is -2.45. The number of pyridine rings is 1. The summed E-state index contributed by atoms with van der Waals surface area (Å²) < 4.78 is 27.7. The molecule has 9 nitrogen and oxygen atoms in total. The van der Waals surface area contributed by atoms with Crippen LogP contribution < -0.4 is 19.7 Å². The zero-order chi connectivity index (χ0) is 21.1. The van der Waals surface area contributed by atoms with E-state index in [9.17, 15) is 9.18 Å². The summed E-state index contributed by atoms with van der Waals surface area (Å²) in [6.07, 6.45) is 6.27. The van der Waals surface area contributed by atoms with Gasteiger partial charge in [0.1, 0.15) is 24.1 Å². The number of carbonyl (C=O) groups is 1. The summed E-state index contributed by atoms with van der Waals surface area (Å²) in [5.74, 6) is 1.33. The summed E-state index contributed by atoms with van der Waals surface area (Å²) in [5, 5.41) is 7.13. The van der Waals surface area contributed by atoms with Crippen molar-refractivity contribution in [3.8, 4) is 11.6 Å². The molecule has 1 amide bonds. The summed E-state index contributed by atoms with van der Waals surface area (Å²) in [7, 11) is 0. The maximum absolute atomic E-state index is 14.1. The Labute approximate surface area is 177 Å². The average molecular weight is 424 g/mol. The van der Waals surface area contributed by atoms with Gasteiger partial charge >= 0.3 is 0 Å². The van der Waals surface area contributed by atoms with Gasteiger partial charge in [-0.25, -0.2) is 18.9 Å². The number of aromatic nitrogens is 4. The SMILES string of the molecule is C[C@H]1CNC(=O)c2cnn3cc4c(nc23)N(Cc2cc(F)cnc2O1)[C@H](C1CC1)CO4. The second kappa shape index (κ2) is 6.79. The van der Waals surface area contributed by atoms with Crippen LogP contribution in [0, 0.1) is 11.7 Å². The molecule has 1 aliphatic carbocycles. The maximum Gasteiger partial charge on any atom is 0.256 e. The Morgan fingerprint density at radius 1 is 1.29 bits per heavy atom. The molecule has 0 radical (unpaired) electrons. The number of anilines is 1. The summed E-state index contributed by atoms with van der Waals surface area (Å²) in [4.78, 5) is 23.9. The van der Waals surface area contributed by atoms with Crippen molar-refractivity contribution in [2.75, 3.05) is 18.1 Å². The Morgan fingerprint density at radius 3 is 3.00 bits per heavy atom. The third kappa shape index (κ3) is 3.13. The topological polar surface area (TPSA) is 93.9 Å². The highest BCUT2D eigenvalue weighted by Gasteiger charge is 2.41. The summed E-state index contributed by atoms with van der Waals surface area (Å²) >= 11 is 0.